The van der Waals surface area contributed by atoms with Crippen LogP contribution in [0.4, 0.5) is 0 Å². The molecule has 2 aromatic rings. The molecule has 2 rings (SSSR count). The lowest BCUT2D eigenvalue weighted by Gasteiger charge is -2.02. The Morgan fingerprint density at radius 1 is 1.19 bits per heavy atom. The fourth-order valence-corrected chi connectivity index (χ4v) is 2.03. The number of aromatic nitrogens is 1. The molecule has 7 nitrogen and oxygen atoms in total. The smallest absolute Gasteiger partial charge is 0.343 e. The van der Waals surface area contributed by atoms with Gasteiger partial charge in [0.25, 0.3) is 0 Å². The SMILES string of the molecule is CCOC(=O)c1cc(=O)oc2c(C(=O)OCC)c(C)[nH]c12. The third-order valence-corrected chi connectivity index (χ3v) is 2.85. The summed E-state index contributed by atoms with van der Waals surface area (Å²) in [4.78, 5) is 38.3. The molecule has 0 radical (unpaired) electrons. The van der Waals surface area contributed by atoms with Crippen molar-refractivity contribution in [2.45, 2.75) is 20.8 Å². The lowest BCUT2D eigenvalue weighted by Crippen LogP contribution is -2.11. The molecule has 0 unspecified atom stereocenters. The van der Waals surface area contributed by atoms with Gasteiger partial charge in [0.2, 0.25) is 0 Å². The standard InChI is InChI=1S/C14H15NO6/c1-4-19-13(17)8-6-9(16)21-12-10(14(18)20-5-2)7(3)15-11(8)12/h6,15H,4-5H2,1-3H3. The molecule has 2 heterocycles. The number of H-pyrrole nitrogens is 1. The van der Waals surface area contributed by atoms with Crippen LogP contribution in [0.15, 0.2) is 15.3 Å². The molecule has 0 aromatic carbocycles. The molecule has 0 aliphatic rings. The van der Waals surface area contributed by atoms with Gasteiger partial charge >= 0.3 is 17.6 Å². The minimum absolute atomic E-state index is 0.00139. The topological polar surface area (TPSA) is 98.6 Å². The van der Waals surface area contributed by atoms with Crippen molar-refractivity contribution in [2.24, 2.45) is 0 Å². The van der Waals surface area contributed by atoms with Crippen LogP contribution in [0.5, 0.6) is 0 Å². The Bertz CT molecular complexity index is 755. The molecule has 0 bridgehead atoms. The lowest BCUT2D eigenvalue weighted by atomic mass is 10.2. The second-order valence-electron chi connectivity index (χ2n) is 4.25. The van der Waals surface area contributed by atoms with Gasteiger partial charge in [-0.25, -0.2) is 14.4 Å². The van der Waals surface area contributed by atoms with Crippen LogP contribution in [0.2, 0.25) is 0 Å². The number of hydrogen-bond donors (Lipinski definition) is 1. The molecule has 0 atom stereocenters. The first kappa shape index (κ1) is 14.8. The van der Waals surface area contributed by atoms with Crippen molar-refractivity contribution < 1.29 is 23.5 Å². The molecule has 0 aliphatic carbocycles. The van der Waals surface area contributed by atoms with Crippen molar-refractivity contribution in [3.8, 4) is 0 Å². The van der Waals surface area contributed by atoms with Gasteiger partial charge in [-0.15, -0.1) is 0 Å². The highest BCUT2D eigenvalue weighted by molar-refractivity contribution is 6.09. The highest BCUT2D eigenvalue weighted by Crippen LogP contribution is 2.25. The normalized spacial score (nSPS) is 10.6. The van der Waals surface area contributed by atoms with E-state index in [2.05, 4.69) is 4.98 Å². The summed E-state index contributed by atoms with van der Waals surface area (Å²) in [5, 5.41) is 0. The summed E-state index contributed by atoms with van der Waals surface area (Å²) < 4.78 is 14.9. The number of rotatable bonds is 4. The molecule has 21 heavy (non-hydrogen) atoms. The average Bonchev–Trinajstić information content (AvgIpc) is 2.74. The number of nitrogens with one attached hydrogen (secondary N) is 1. The van der Waals surface area contributed by atoms with E-state index in [4.69, 9.17) is 13.9 Å². The largest absolute Gasteiger partial charge is 0.462 e. The molecule has 2 aromatic heterocycles. The molecule has 7 heteroatoms. The fourth-order valence-electron chi connectivity index (χ4n) is 2.03. The number of ether oxygens (including phenoxy) is 2. The summed E-state index contributed by atoms with van der Waals surface area (Å²) in [6.07, 6.45) is 0. The predicted octanol–water partition coefficient (Wildman–Crippen LogP) is 1.78. The van der Waals surface area contributed by atoms with E-state index in [9.17, 15) is 14.4 Å². The number of hydrogen-bond acceptors (Lipinski definition) is 6. The van der Waals surface area contributed by atoms with E-state index in [1.165, 1.54) is 0 Å². The minimum Gasteiger partial charge on any atom is -0.462 e. The van der Waals surface area contributed by atoms with Crippen LogP contribution in [-0.4, -0.2) is 30.1 Å². The van der Waals surface area contributed by atoms with Crippen molar-refractivity contribution in [1.82, 2.24) is 4.98 Å². The maximum absolute atomic E-state index is 11.9. The molecule has 0 aliphatic heterocycles. The number of carbonyl (C=O) groups excluding carboxylic acids is 2. The zero-order chi connectivity index (χ0) is 15.6. The molecule has 0 saturated heterocycles. The zero-order valence-corrected chi connectivity index (χ0v) is 11.9. The number of aryl methyl sites for hydroxylation is 1. The van der Waals surface area contributed by atoms with Crippen LogP contribution in [0.25, 0.3) is 11.1 Å². The minimum atomic E-state index is -0.741. The molecular formula is C14H15NO6. The Balaban J connectivity index is 2.70. The van der Waals surface area contributed by atoms with E-state index in [1.54, 1.807) is 20.8 Å². The summed E-state index contributed by atoms with van der Waals surface area (Å²) in [7, 11) is 0. The number of esters is 2. The predicted molar refractivity (Wildman–Crippen MR) is 73.5 cm³/mol. The second-order valence-corrected chi connectivity index (χ2v) is 4.25. The Labute approximate surface area is 119 Å². The molecule has 112 valence electrons. The third-order valence-electron chi connectivity index (χ3n) is 2.85. The lowest BCUT2D eigenvalue weighted by molar-refractivity contribution is 0.0515. The third kappa shape index (κ3) is 2.67. The van der Waals surface area contributed by atoms with Crippen LogP contribution >= 0.6 is 0 Å². The van der Waals surface area contributed by atoms with E-state index in [-0.39, 0.29) is 35.4 Å². The Hall–Kier alpha value is -2.57. The van der Waals surface area contributed by atoms with Gasteiger partial charge in [0.1, 0.15) is 5.56 Å². The van der Waals surface area contributed by atoms with Gasteiger partial charge in [-0.3, -0.25) is 0 Å². The van der Waals surface area contributed by atoms with Crippen LogP contribution in [0.3, 0.4) is 0 Å². The summed E-state index contributed by atoms with van der Waals surface area (Å²) in [5.41, 5.74) is 0.0883. The summed E-state index contributed by atoms with van der Waals surface area (Å²) in [5.74, 6) is -1.28. The van der Waals surface area contributed by atoms with E-state index in [0.717, 1.165) is 6.07 Å². The van der Waals surface area contributed by atoms with Crippen LogP contribution in [0.1, 0.15) is 40.3 Å². The Morgan fingerprint density at radius 2 is 1.81 bits per heavy atom. The Kier molecular flexibility index (Phi) is 4.11. The van der Waals surface area contributed by atoms with E-state index >= 15 is 0 Å². The van der Waals surface area contributed by atoms with Gasteiger partial charge in [-0.1, -0.05) is 0 Å². The van der Waals surface area contributed by atoms with Gasteiger partial charge in [-0.2, -0.15) is 0 Å². The van der Waals surface area contributed by atoms with Crippen molar-refractivity contribution >= 4 is 23.0 Å². The first-order valence-corrected chi connectivity index (χ1v) is 6.50. The Morgan fingerprint density at radius 3 is 2.43 bits per heavy atom. The van der Waals surface area contributed by atoms with Crippen molar-refractivity contribution in [3.05, 3.63) is 33.3 Å². The van der Waals surface area contributed by atoms with E-state index < -0.39 is 17.6 Å². The maximum atomic E-state index is 11.9. The fraction of sp³-hybridized carbons (Fsp3) is 0.357. The van der Waals surface area contributed by atoms with Gasteiger partial charge in [0, 0.05) is 11.8 Å². The molecule has 1 N–H and O–H groups in total. The number of carbonyl (C=O) groups is 2. The monoisotopic (exact) mass is 293 g/mol. The van der Waals surface area contributed by atoms with Crippen molar-refractivity contribution in [1.29, 1.82) is 0 Å². The van der Waals surface area contributed by atoms with Gasteiger partial charge in [-0.05, 0) is 20.8 Å². The molecule has 0 spiro atoms. The van der Waals surface area contributed by atoms with Crippen molar-refractivity contribution in [2.75, 3.05) is 13.2 Å². The molecule has 0 fully saturated rings. The molecule has 0 amide bonds. The summed E-state index contributed by atoms with van der Waals surface area (Å²) in [6, 6.07) is 1.03. The number of aromatic amines is 1. The van der Waals surface area contributed by atoms with Gasteiger partial charge < -0.3 is 18.9 Å². The highest BCUT2D eigenvalue weighted by Gasteiger charge is 2.24. The summed E-state index contributed by atoms with van der Waals surface area (Å²) >= 11 is 0. The van der Waals surface area contributed by atoms with E-state index in [0.29, 0.717) is 5.69 Å². The highest BCUT2D eigenvalue weighted by atomic mass is 16.5. The first-order valence-electron chi connectivity index (χ1n) is 6.50. The van der Waals surface area contributed by atoms with Gasteiger partial charge in [0.15, 0.2) is 5.58 Å². The maximum Gasteiger partial charge on any atom is 0.343 e. The number of fused-ring (bicyclic) bond motifs is 1. The van der Waals surface area contributed by atoms with Crippen molar-refractivity contribution in [3.63, 3.8) is 0 Å². The molecular weight excluding hydrogens is 278 g/mol. The zero-order valence-electron chi connectivity index (χ0n) is 11.9. The second kappa shape index (κ2) is 5.82. The summed E-state index contributed by atoms with van der Waals surface area (Å²) in [6.45, 7) is 5.31. The molecule has 0 saturated carbocycles. The van der Waals surface area contributed by atoms with Crippen LogP contribution in [0, 0.1) is 6.92 Å². The quantitative estimate of drug-likeness (QED) is 0.863. The first-order chi connectivity index (χ1) is 9.99. The van der Waals surface area contributed by atoms with Gasteiger partial charge in [0.05, 0.1) is 24.3 Å². The van der Waals surface area contributed by atoms with Crippen LogP contribution < -0.4 is 5.63 Å². The van der Waals surface area contributed by atoms with E-state index in [1.807, 2.05) is 0 Å². The average molecular weight is 293 g/mol. The van der Waals surface area contributed by atoms with Crippen LogP contribution in [-0.2, 0) is 9.47 Å².